The van der Waals surface area contributed by atoms with E-state index in [-0.39, 0.29) is 0 Å². The second-order valence-electron chi connectivity index (χ2n) is 6.13. The lowest BCUT2D eigenvalue weighted by Gasteiger charge is -2.34. The van der Waals surface area contributed by atoms with Gasteiger partial charge in [0.15, 0.2) is 0 Å². The van der Waals surface area contributed by atoms with Crippen LogP contribution >= 0.6 is 0 Å². The van der Waals surface area contributed by atoms with E-state index in [0.29, 0.717) is 6.04 Å². The van der Waals surface area contributed by atoms with Crippen molar-refractivity contribution >= 4 is 0 Å². The van der Waals surface area contributed by atoms with Crippen LogP contribution in [0.4, 0.5) is 0 Å². The quantitative estimate of drug-likeness (QED) is 0.813. The summed E-state index contributed by atoms with van der Waals surface area (Å²) in [6.07, 6.45) is 15.2. The maximum atomic E-state index is 4.19. The van der Waals surface area contributed by atoms with Crippen LogP contribution in [0.2, 0.25) is 0 Å². The molecule has 1 aromatic rings. The average molecular weight is 275 g/mol. The number of rotatable bonds is 7. The number of hydrogen-bond acceptors (Lipinski definition) is 3. The molecule has 1 heterocycles. The highest BCUT2D eigenvalue weighted by Crippen LogP contribution is 2.38. The molecule has 0 saturated heterocycles. The van der Waals surface area contributed by atoms with Gasteiger partial charge in [0.05, 0.1) is 0 Å². The lowest BCUT2D eigenvalue weighted by molar-refractivity contribution is 0.214. The zero-order valence-electron chi connectivity index (χ0n) is 13.0. The van der Waals surface area contributed by atoms with Gasteiger partial charge in [-0.2, -0.15) is 0 Å². The normalized spacial score (nSPS) is 24.5. The predicted octanol–water partition coefficient (Wildman–Crippen LogP) is 4.12. The summed E-state index contributed by atoms with van der Waals surface area (Å²) >= 11 is 0. The monoisotopic (exact) mass is 275 g/mol. The molecule has 0 radical (unpaired) electrons. The molecule has 1 saturated carbocycles. The van der Waals surface area contributed by atoms with Crippen molar-refractivity contribution in [1.29, 1.82) is 0 Å². The summed E-state index contributed by atoms with van der Waals surface area (Å²) in [4.78, 5) is 8.37. The molecular weight excluding hydrogens is 246 g/mol. The highest BCUT2D eigenvalue weighted by molar-refractivity contribution is 5.11. The molecule has 1 aliphatic rings. The van der Waals surface area contributed by atoms with Crippen molar-refractivity contribution in [2.45, 2.75) is 64.8 Å². The van der Waals surface area contributed by atoms with Crippen LogP contribution in [-0.2, 0) is 0 Å². The van der Waals surface area contributed by atoms with Gasteiger partial charge >= 0.3 is 0 Å². The van der Waals surface area contributed by atoms with Gasteiger partial charge in [-0.05, 0) is 31.2 Å². The van der Waals surface area contributed by atoms with Crippen LogP contribution in [0.25, 0.3) is 0 Å². The summed E-state index contributed by atoms with van der Waals surface area (Å²) < 4.78 is 0. The molecule has 1 fully saturated rings. The standard InChI is InChI=1S/C17H29N3/c1-3-5-6-14-7-9-15(10-8-14)17(20-4-2)16-11-18-13-19-12-16/h11-15,17,20H,3-10H2,1-2H3. The minimum absolute atomic E-state index is 0.438. The van der Waals surface area contributed by atoms with E-state index in [2.05, 4.69) is 29.1 Å². The molecule has 0 spiro atoms. The number of unbranched alkanes of at least 4 members (excludes halogenated alkanes) is 1. The molecular formula is C17H29N3. The van der Waals surface area contributed by atoms with Crippen molar-refractivity contribution in [2.75, 3.05) is 6.54 Å². The van der Waals surface area contributed by atoms with Gasteiger partial charge in [0.25, 0.3) is 0 Å². The van der Waals surface area contributed by atoms with Crippen molar-refractivity contribution in [1.82, 2.24) is 15.3 Å². The minimum atomic E-state index is 0.438. The lowest BCUT2D eigenvalue weighted by atomic mass is 9.75. The molecule has 2 rings (SSSR count). The summed E-state index contributed by atoms with van der Waals surface area (Å²) in [7, 11) is 0. The fourth-order valence-electron chi connectivity index (χ4n) is 3.55. The van der Waals surface area contributed by atoms with Crippen molar-refractivity contribution in [3.63, 3.8) is 0 Å². The zero-order chi connectivity index (χ0) is 14.2. The van der Waals surface area contributed by atoms with Crippen LogP contribution in [-0.4, -0.2) is 16.5 Å². The van der Waals surface area contributed by atoms with Gasteiger partial charge in [0.2, 0.25) is 0 Å². The van der Waals surface area contributed by atoms with Crippen LogP contribution in [0.5, 0.6) is 0 Å². The van der Waals surface area contributed by atoms with Gasteiger partial charge < -0.3 is 5.32 Å². The summed E-state index contributed by atoms with van der Waals surface area (Å²) in [5, 5.41) is 3.65. The topological polar surface area (TPSA) is 37.8 Å². The lowest BCUT2D eigenvalue weighted by Crippen LogP contribution is -2.31. The van der Waals surface area contributed by atoms with Gasteiger partial charge in [-0.3, -0.25) is 0 Å². The van der Waals surface area contributed by atoms with Crippen LogP contribution in [0.3, 0.4) is 0 Å². The van der Waals surface area contributed by atoms with Crippen LogP contribution in [0.15, 0.2) is 18.7 Å². The van der Waals surface area contributed by atoms with Gasteiger partial charge in [-0.25, -0.2) is 9.97 Å². The first kappa shape index (κ1) is 15.4. The molecule has 1 unspecified atom stereocenters. The Morgan fingerprint density at radius 2 is 1.85 bits per heavy atom. The number of aromatic nitrogens is 2. The Morgan fingerprint density at radius 1 is 1.15 bits per heavy atom. The van der Waals surface area contributed by atoms with E-state index in [1.807, 2.05) is 12.4 Å². The maximum absolute atomic E-state index is 4.19. The molecule has 3 heteroatoms. The second-order valence-corrected chi connectivity index (χ2v) is 6.13. The van der Waals surface area contributed by atoms with Crippen molar-refractivity contribution < 1.29 is 0 Å². The molecule has 0 amide bonds. The molecule has 1 aliphatic carbocycles. The first-order valence-electron chi connectivity index (χ1n) is 8.33. The van der Waals surface area contributed by atoms with Gasteiger partial charge in [-0.1, -0.05) is 46.0 Å². The molecule has 20 heavy (non-hydrogen) atoms. The largest absolute Gasteiger partial charge is 0.310 e. The van der Waals surface area contributed by atoms with E-state index in [9.17, 15) is 0 Å². The summed E-state index contributed by atoms with van der Waals surface area (Å²) in [5.41, 5.74) is 1.26. The number of nitrogens with zero attached hydrogens (tertiary/aromatic N) is 2. The smallest absolute Gasteiger partial charge is 0.115 e. The van der Waals surface area contributed by atoms with E-state index in [1.54, 1.807) is 6.33 Å². The van der Waals surface area contributed by atoms with Crippen LogP contribution < -0.4 is 5.32 Å². The average Bonchev–Trinajstić information content (AvgIpc) is 2.52. The van der Waals surface area contributed by atoms with Gasteiger partial charge in [0.1, 0.15) is 6.33 Å². The summed E-state index contributed by atoms with van der Waals surface area (Å²) in [6, 6.07) is 0.438. The summed E-state index contributed by atoms with van der Waals surface area (Å²) in [6.45, 7) is 5.49. The van der Waals surface area contributed by atoms with Crippen molar-refractivity contribution in [3.8, 4) is 0 Å². The third-order valence-corrected chi connectivity index (χ3v) is 4.69. The minimum Gasteiger partial charge on any atom is -0.310 e. The van der Waals surface area contributed by atoms with Gasteiger partial charge in [0, 0.05) is 24.0 Å². The Bertz CT molecular complexity index is 358. The third kappa shape index (κ3) is 4.27. The molecule has 1 atom stereocenters. The Morgan fingerprint density at radius 3 is 2.45 bits per heavy atom. The molecule has 1 N–H and O–H groups in total. The fraction of sp³-hybridized carbons (Fsp3) is 0.765. The maximum Gasteiger partial charge on any atom is 0.115 e. The van der Waals surface area contributed by atoms with E-state index < -0.39 is 0 Å². The Labute approximate surface area is 123 Å². The highest BCUT2D eigenvalue weighted by Gasteiger charge is 2.28. The van der Waals surface area contributed by atoms with Crippen LogP contribution in [0.1, 0.15) is 70.4 Å². The van der Waals surface area contributed by atoms with Crippen molar-refractivity contribution in [2.24, 2.45) is 11.8 Å². The predicted molar refractivity (Wildman–Crippen MR) is 83.4 cm³/mol. The van der Waals surface area contributed by atoms with Crippen molar-refractivity contribution in [3.05, 3.63) is 24.3 Å². The van der Waals surface area contributed by atoms with E-state index in [4.69, 9.17) is 0 Å². The molecule has 1 aromatic heterocycles. The number of hydrogen-bond donors (Lipinski definition) is 1. The molecule has 112 valence electrons. The molecule has 0 aliphatic heterocycles. The van der Waals surface area contributed by atoms with E-state index >= 15 is 0 Å². The van der Waals surface area contributed by atoms with E-state index in [0.717, 1.165) is 18.4 Å². The Kier molecular flexibility index (Phi) is 6.44. The SMILES string of the molecule is CCCCC1CCC(C(NCC)c2cncnc2)CC1. The summed E-state index contributed by atoms with van der Waals surface area (Å²) in [5.74, 6) is 1.72. The first-order chi connectivity index (χ1) is 9.85. The molecule has 3 nitrogen and oxygen atoms in total. The van der Waals surface area contributed by atoms with Gasteiger partial charge in [-0.15, -0.1) is 0 Å². The first-order valence-corrected chi connectivity index (χ1v) is 8.33. The number of nitrogens with one attached hydrogen (secondary N) is 1. The molecule has 0 aromatic carbocycles. The van der Waals surface area contributed by atoms with E-state index in [1.165, 1.54) is 50.5 Å². The van der Waals surface area contributed by atoms with Crippen LogP contribution in [0, 0.1) is 11.8 Å². The fourth-order valence-corrected chi connectivity index (χ4v) is 3.55. The second kappa shape index (κ2) is 8.35. The Balaban J connectivity index is 1.92. The Hall–Kier alpha value is -0.960. The molecule has 0 bridgehead atoms. The zero-order valence-corrected chi connectivity index (χ0v) is 13.0. The highest BCUT2D eigenvalue weighted by atomic mass is 14.9. The third-order valence-electron chi connectivity index (χ3n) is 4.69.